The number of amides is 1. The van der Waals surface area contributed by atoms with E-state index in [1.165, 1.54) is 6.08 Å². The van der Waals surface area contributed by atoms with Crippen LogP contribution in [0.4, 0.5) is 0 Å². The lowest BCUT2D eigenvalue weighted by molar-refractivity contribution is -0.142. The van der Waals surface area contributed by atoms with Gasteiger partial charge in [0.15, 0.2) is 0 Å². The van der Waals surface area contributed by atoms with Gasteiger partial charge in [-0.25, -0.2) is 0 Å². The van der Waals surface area contributed by atoms with Gasteiger partial charge in [-0.3, -0.25) is 9.59 Å². The first-order valence-electron chi connectivity index (χ1n) is 6.89. The van der Waals surface area contributed by atoms with Crippen LogP contribution < -0.4 is 4.74 Å². The fourth-order valence-electron chi connectivity index (χ4n) is 2.64. The quantitative estimate of drug-likeness (QED) is 0.861. The zero-order valence-electron chi connectivity index (χ0n) is 12.2. The standard InChI is InChI=1S/C16H19NO4/c1-11-13(16(19)20)9-10-17(11)15(18)8-7-12-5-3-4-6-14(12)21-2/h3-8,11,13H,9-10H2,1-2H3,(H,19,20). The van der Waals surface area contributed by atoms with Crippen molar-refractivity contribution in [3.05, 3.63) is 35.9 Å². The molecule has 0 bridgehead atoms. The lowest BCUT2D eigenvalue weighted by Gasteiger charge is -2.21. The van der Waals surface area contributed by atoms with Crippen LogP contribution >= 0.6 is 0 Å². The summed E-state index contributed by atoms with van der Waals surface area (Å²) < 4.78 is 5.22. The number of likely N-dealkylation sites (tertiary alicyclic amines) is 1. The average Bonchev–Trinajstić information content (AvgIpc) is 2.87. The molecule has 1 aliphatic rings. The second kappa shape index (κ2) is 6.43. The Labute approximate surface area is 123 Å². The monoisotopic (exact) mass is 289 g/mol. The number of hydrogen-bond acceptors (Lipinski definition) is 3. The SMILES string of the molecule is COc1ccccc1C=CC(=O)N1CCC(C(=O)O)C1C. The van der Waals surface area contributed by atoms with Crippen molar-refractivity contribution in [3.8, 4) is 5.75 Å². The summed E-state index contributed by atoms with van der Waals surface area (Å²) in [5.74, 6) is -0.795. The van der Waals surface area contributed by atoms with E-state index in [4.69, 9.17) is 9.84 Å². The van der Waals surface area contributed by atoms with Crippen LogP contribution in [0.1, 0.15) is 18.9 Å². The summed E-state index contributed by atoms with van der Waals surface area (Å²) >= 11 is 0. The number of aliphatic carboxylic acids is 1. The Morgan fingerprint density at radius 1 is 1.38 bits per heavy atom. The van der Waals surface area contributed by atoms with E-state index in [2.05, 4.69) is 0 Å². The highest BCUT2D eigenvalue weighted by Crippen LogP contribution is 2.25. The summed E-state index contributed by atoms with van der Waals surface area (Å²) in [6.07, 6.45) is 3.67. The topological polar surface area (TPSA) is 66.8 Å². The largest absolute Gasteiger partial charge is 0.496 e. The number of para-hydroxylation sites is 1. The summed E-state index contributed by atoms with van der Waals surface area (Å²) in [6, 6.07) is 7.13. The number of benzene rings is 1. The Hall–Kier alpha value is -2.30. The Morgan fingerprint density at radius 3 is 2.71 bits per heavy atom. The fraction of sp³-hybridized carbons (Fsp3) is 0.375. The normalized spacial score (nSPS) is 21.7. The van der Waals surface area contributed by atoms with Gasteiger partial charge < -0.3 is 14.7 Å². The number of methoxy groups -OCH3 is 1. The van der Waals surface area contributed by atoms with Crippen molar-refractivity contribution in [2.45, 2.75) is 19.4 Å². The molecule has 1 aromatic carbocycles. The highest BCUT2D eigenvalue weighted by atomic mass is 16.5. The molecule has 2 rings (SSSR count). The predicted molar refractivity (Wildman–Crippen MR) is 78.9 cm³/mol. The van der Waals surface area contributed by atoms with E-state index in [1.54, 1.807) is 25.0 Å². The van der Waals surface area contributed by atoms with Gasteiger partial charge in [-0.05, 0) is 25.5 Å². The van der Waals surface area contributed by atoms with Gasteiger partial charge in [-0.2, -0.15) is 0 Å². The molecular weight excluding hydrogens is 270 g/mol. The van der Waals surface area contributed by atoms with E-state index in [1.807, 2.05) is 24.3 Å². The Bertz CT molecular complexity index is 567. The first-order valence-corrected chi connectivity index (χ1v) is 6.89. The van der Waals surface area contributed by atoms with Gasteiger partial charge in [0.05, 0.1) is 13.0 Å². The maximum Gasteiger partial charge on any atom is 0.308 e. The fourth-order valence-corrected chi connectivity index (χ4v) is 2.64. The minimum atomic E-state index is -0.841. The third kappa shape index (κ3) is 3.24. The number of carboxylic acids is 1. The lowest BCUT2D eigenvalue weighted by Crippen LogP contribution is -2.36. The number of hydrogen-bond donors (Lipinski definition) is 1. The summed E-state index contributed by atoms with van der Waals surface area (Å²) in [7, 11) is 1.58. The van der Waals surface area contributed by atoms with Gasteiger partial charge in [0, 0.05) is 24.2 Å². The average molecular weight is 289 g/mol. The molecule has 1 saturated heterocycles. The predicted octanol–water partition coefficient (Wildman–Crippen LogP) is 2.03. The zero-order valence-corrected chi connectivity index (χ0v) is 12.2. The van der Waals surface area contributed by atoms with Gasteiger partial charge >= 0.3 is 5.97 Å². The van der Waals surface area contributed by atoms with Crippen LogP contribution in [-0.2, 0) is 9.59 Å². The molecule has 0 aliphatic carbocycles. The van der Waals surface area contributed by atoms with E-state index in [0.717, 1.165) is 5.56 Å². The van der Waals surface area contributed by atoms with E-state index in [0.29, 0.717) is 18.7 Å². The molecule has 0 saturated carbocycles. The van der Waals surface area contributed by atoms with Crippen LogP contribution in [0.5, 0.6) is 5.75 Å². The van der Waals surface area contributed by atoms with Crippen molar-refractivity contribution in [2.75, 3.05) is 13.7 Å². The molecular formula is C16H19NO4. The van der Waals surface area contributed by atoms with Gasteiger partial charge in [-0.15, -0.1) is 0 Å². The highest BCUT2D eigenvalue weighted by Gasteiger charge is 2.37. The molecule has 0 spiro atoms. The Kier molecular flexibility index (Phi) is 4.62. The minimum absolute atomic E-state index is 0.169. The van der Waals surface area contributed by atoms with Crippen LogP contribution in [-0.4, -0.2) is 41.6 Å². The second-order valence-electron chi connectivity index (χ2n) is 5.08. The maximum absolute atomic E-state index is 12.2. The van der Waals surface area contributed by atoms with E-state index in [9.17, 15) is 9.59 Å². The van der Waals surface area contributed by atoms with Gasteiger partial charge in [-0.1, -0.05) is 18.2 Å². The van der Waals surface area contributed by atoms with Gasteiger partial charge in [0.2, 0.25) is 5.91 Å². The Morgan fingerprint density at radius 2 is 2.10 bits per heavy atom. The molecule has 1 aromatic rings. The number of nitrogens with zero attached hydrogens (tertiary/aromatic N) is 1. The number of carbonyl (C=O) groups excluding carboxylic acids is 1. The molecule has 0 aromatic heterocycles. The third-order valence-electron chi connectivity index (χ3n) is 3.90. The maximum atomic E-state index is 12.2. The molecule has 1 aliphatic heterocycles. The van der Waals surface area contributed by atoms with Crippen LogP contribution in [0.15, 0.2) is 30.3 Å². The molecule has 2 unspecified atom stereocenters. The van der Waals surface area contributed by atoms with Crippen LogP contribution in [0.3, 0.4) is 0 Å². The van der Waals surface area contributed by atoms with Gasteiger partial charge in [0.1, 0.15) is 5.75 Å². The summed E-state index contributed by atoms with van der Waals surface area (Å²) in [5, 5.41) is 9.09. The minimum Gasteiger partial charge on any atom is -0.496 e. The molecule has 1 amide bonds. The molecule has 5 nitrogen and oxygen atoms in total. The first kappa shape index (κ1) is 15.1. The number of carbonyl (C=O) groups is 2. The molecule has 1 fully saturated rings. The molecule has 5 heteroatoms. The zero-order chi connectivity index (χ0) is 15.4. The van der Waals surface area contributed by atoms with Crippen LogP contribution in [0, 0.1) is 5.92 Å². The van der Waals surface area contributed by atoms with Crippen molar-refractivity contribution < 1.29 is 19.4 Å². The number of ether oxygens (including phenoxy) is 1. The van der Waals surface area contributed by atoms with Crippen LogP contribution in [0.25, 0.3) is 6.08 Å². The molecule has 21 heavy (non-hydrogen) atoms. The first-order chi connectivity index (χ1) is 10.0. The number of carboxylic acid groups (broad SMARTS) is 1. The number of rotatable bonds is 4. The summed E-state index contributed by atoms with van der Waals surface area (Å²) in [6.45, 7) is 2.26. The van der Waals surface area contributed by atoms with E-state index in [-0.39, 0.29) is 11.9 Å². The van der Waals surface area contributed by atoms with Crippen molar-refractivity contribution in [2.24, 2.45) is 5.92 Å². The highest BCUT2D eigenvalue weighted by molar-refractivity contribution is 5.93. The molecule has 112 valence electrons. The molecule has 0 radical (unpaired) electrons. The summed E-state index contributed by atoms with van der Waals surface area (Å²) in [4.78, 5) is 24.9. The Balaban J connectivity index is 2.08. The smallest absolute Gasteiger partial charge is 0.308 e. The van der Waals surface area contributed by atoms with E-state index >= 15 is 0 Å². The third-order valence-corrected chi connectivity index (χ3v) is 3.90. The van der Waals surface area contributed by atoms with Crippen molar-refractivity contribution in [3.63, 3.8) is 0 Å². The molecule has 2 atom stereocenters. The van der Waals surface area contributed by atoms with Crippen molar-refractivity contribution >= 4 is 18.0 Å². The second-order valence-corrected chi connectivity index (χ2v) is 5.08. The van der Waals surface area contributed by atoms with Crippen molar-refractivity contribution in [1.29, 1.82) is 0 Å². The van der Waals surface area contributed by atoms with Crippen molar-refractivity contribution in [1.82, 2.24) is 4.90 Å². The molecule has 1 heterocycles. The van der Waals surface area contributed by atoms with Gasteiger partial charge in [0.25, 0.3) is 0 Å². The van der Waals surface area contributed by atoms with E-state index < -0.39 is 11.9 Å². The summed E-state index contributed by atoms with van der Waals surface area (Å²) in [5.41, 5.74) is 0.815. The van der Waals surface area contributed by atoms with Crippen LogP contribution in [0.2, 0.25) is 0 Å². The lowest BCUT2D eigenvalue weighted by atomic mass is 10.0. The molecule has 1 N–H and O–H groups in total.